The Labute approximate surface area is 232 Å². The lowest BCUT2D eigenvalue weighted by Crippen LogP contribution is -2.57. The summed E-state index contributed by atoms with van der Waals surface area (Å²) in [6.07, 6.45) is -2.58. The summed E-state index contributed by atoms with van der Waals surface area (Å²) in [5, 5.41) is 48.1. The average Bonchev–Trinajstić information content (AvgIpc) is 2.96. The van der Waals surface area contributed by atoms with Crippen molar-refractivity contribution in [2.24, 2.45) is 0 Å². The molecule has 4 atom stereocenters. The lowest BCUT2D eigenvalue weighted by atomic mass is 9.90. The van der Waals surface area contributed by atoms with E-state index >= 15 is 0 Å². The van der Waals surface area contributed by atoms with E-state index in [1.54, 1.807) is 0 Å². The fourth-order valence-electron chi connectivity index (χ4n) is 4.52. The van der Waals surface area contributed by atoms with Gasteiger partial charge in [0.2, 0.25) is 0 Å². The predicted molar refractivity (Wildman–Crippen MR) is 151 cm³/mol. The molecule has 4 rings (SSSR count). The van der Waals surface area contributed by atoms with Gasteiger partial charge in [-0.15, -0.1) is 0 Å². The van der Waals surface area contributed by atoms with Crippen molar-refractivity contribution in [1.82, 2.24) is 10.6 Å². The summed E-state index contributed by atoms with van der Waals surface area (Å²) in [7, 11) is 0. The molecule has 6 N–H and O–H groups in total. The Morgan fingerprint density at radius 3 is 1.27 bits per heavy atom. The van der Waals surface area contributed by atoms with Gasteiger partial charge in [-0.25, -0.2) is 0 Å². The first-order valence-corrected chi connectivity index (χ1v) is 12.9. The summed E-state index contributed by atoms with van der Waals surface area (Å²) in [4.78, 5) is 26.1. The summed E-state index contributed by atoms with van der Waals surface area (Å²) in [5.41, 5.74) is 2.02. The topological polar surface area (TPSA) is 139 Å². The molecular formula is C32H32N2O6. The number of aliphatic hydroxyl groups is 2. The number of rotatable bonds is 11. The minimum Gasteiger partial charge on any atom is -0.508 e. The fraction of sp³-hybridized carbons (Fsp3) is 0.188. The van der Waals surface area contributed by atoms with Crippen LogP contribution >= 0.6 is 0 Å². The number of phenolic OH excluding ortho intramolecular Hbond substituents is 2. The van der Waals surface area contributed by atoms with Crippen molar-refractivity contribution >= 4 is 11.8 Å². The minimum atomic E-state index is -1.49. The lowest BCUT2D eigenvalue weighted by molar-refractivity contribution is -0.0219. The highest BCUT2D eigenvalue weighted by molar-refractivity contribution is 5.95. The van der Waals surface area contributed by atoms with Crippen LogP contribution in [0.4, 0.5) is 0 Å². The van der Waals surface area contributed by atoms with Gasteiger partial charge >= 0.3 is 0 Å². The molecule has 206 valence electrons. The Morgan fingerprint density at radius 1 is 0.550 bits per heavy atom. The number of hydrogen-bond acceptors (Lipinski definition) is 6. The Balaban J connectivity index is 1.61. The molecule has 0 heterocycles. The predicted octanol–water partition coefficient (Wildman–Crippen LogP) is 3.20. The van der Waals surface area contributed by atoms with Crippen molar-refractivity contribution in [2.45, 2.75) is 37.1 Å². The van der Waals surface area contributed by atoms with Crippen LogP contribution in [0.25, 0.3) is 0 Å². The first-order chi connectivity index (χ1) is 19.3. The molecule has 0 radical (unpaired) electrons. The summed E-state index contributed by atoms with van der Waals surface area (Å²) in [6.45, 7) is 0. The van der Waals surface area contributed by atoms with Gasteiger partial charge < -0.3 is 31.1 Å². The van der Waals surface area contributed by atoms with E-state index in [2.05, 4.69) is 10.6 Å². The molecule has 8 nitrogen and oxygen atoms in total. The number of carbonyl (C=O) groups is 2. The third kappa shape index (κ3) is 7.69. The van der Waals surface area contributed by atoms with Crippen LogP contribution in [0.15, 0.2) is 109 Å². The van der Waals surface area contributed by atoms with Crippen LogP contribution in [-0.4, -0.2) is 56.5 Å². The van der Waals surface area contributed by atoms with E-state index in [4.69, 9.17) is 0 Å². The number of aliphatic hydroxyl groups excluding tert-OH is 2. The van der Waals surface area contributed by atoms with Gasteiger partial charge in [-0.1, -0.05) is 72.8 Å². The van der Waals surface area contributed by atoms with Crippen molar-refractivity contribution in [3.05, 3.63) is 131 Å². The van der Waals surface area contributed by atoms with Gasteiger partial charge in [0.1, 0.15) is 23.7 Å². The smallest absolute Gasteiger partial charge is 0.251 e. The standard InChI is InChI=1S/C32H32N2O6/c35-25-15-7-13-23(19-25)31(39)33-27(17-21-9-3-1-4-10-21)29(37)30(38)28(18-22-11-5-2-6-12-22)34-32(40)24-14-8-16-26(36)20-24/h1-16,19-20,27-30,35-38H,17-18H2,(H,33,39)(H,34,40)/t27-,28-,29-,30+/m0/s1. The first-order valence-electron chi connectivity index (χ1n) is 12.9. The zero-order valence-electron chi connectivity index (χ0n) is 21.7. The maximum atomic E-state index is 13.1. The van der Waals surface area contributed by atoms with Crippen LogP contribution < -0.4 is 10.6 Å². The Kier molecular flexibility index (Phi) is 9.51. The largest absolute Gasteiger partial charge is 0.508 e. The monoisotopic (exact) mass is 540 g/mol. The maximum Gasteiger partial charge on any atom is 0.251 e. The molecule has 40 heavy (non-hydrogen) atoms. The number of carbonyl (C=O) groups excluding carboxylic acids is 2. The molecule has 0 fully saturated rings. The quantitative estimate of drug-likeness (QED) is 0.173. The molecule has 0 unspecified atom stereocenters. The summed E-state index contributed by atoms with van der Waals surface area (Å²) < 4.78 is 0. The van der Waals surface area contributed by atoms with E-state index < -0.39 is 36.1 Å². The molecule has 0 bridgehead atoms. The lowest BCUT2D eigenvalue weighted by Gasteiger charge is -2.33. The SMILES string of the molecule is O=C(N[C@@H](Cc1ccccc1)[C@H](O)[C@H](O)[C@H](Cc1ccccc1)NC(=O)c1cccc(O)c1)c1cccc(O)c1. The van der Waals surface area contributed by atoms with Gasteiger partial charge in [0, 0.05) is 11.1 Å². The van der Waals surface area contributed by atoms with Crippen LogP contribution in [-0.2, 0) is 12.8 Å². The van der Waals surface area contributed by atoms with Crippen LogP contribution in [0.2, 0.25) is 0 Å². The van der Waals surface area contributed by atoms with Gasteiger partial charge in [-0.2, -0.15) is 0 Å². The Morgan fingerprint density at radius 2 is 0.925 bits per heavy atom. The van der Waals surface area contributed by atoms with Gasteiger partial charge in [0.15, 0.2) is 0 Å². The molecule has 0 aliphatic heterocycles. The first kappa shape index (κ1) is 28.4. The highest BCUT2D eigenvalue weighted by Gasteiger charge is 2.34. The van der Waals surface area contributed by atoms with Crippen LogP contribution in [0.1, 0.15) is 31.8 Å². The number of aromatic hydroxyl groups is 2. The van der Waals surface area contributed by atoms with Crippen molar-refractivity contribution in [1.29, 1.82) is 0 Å². The highest BCUT2D eigenvalue weighted by Crippen LogP contribution is 2.18. The van der Waals surface area contributed by atoms with Crippen molar-refractivity contribution in [3.8, 4) is 11.5 Å². The van der Waals surface area contributed by atoms with E-state index in [9.17, 15) is 30.0 Å². The van der Waals surface area contributed by atoms with Gasteiger partial charge in [0.05, 0.1) is 12.1 Å². The van der Waals surface area contributed by atoms with Gasteiger partial charge in [0.25, 0.3) is 11.8 Å². The second-order valence-electron chi connectivity index (χ2n) is 9.62. The van der Waals surface area contributed by atoms with Crippen molar-refractivity contribution in [2.75, 3.05) is 0 Å². The summed E-state index contributed by atoms with van der Waals surface area (Å²) in [5.74, 6) is -1.23. The maximum absolute atomic E-state index is 13.1. The van der Waals surface area contributed by atoms with Crippen molar-refractivity contribution < 1.29 is 30.0 Å². The molecule has 0 spiro atoms. The molecule has 4 aromatic carbocycles. The average molecular weight is 541 g/mol. The Hall–Kier alpha value is -4.66. The van der Waals surface area contributed by atoms with Crippen LogP contribution in [0.3, 0.4) is 0 Å². The number of benzene rings is 4. The molecule has 0 aliphatic carbocycles. The second-order valence-corrected chi connectivity index (χ2v) is 9.62. The van der Waals surface area contributed by atoms with E-state index in [0.29, 0.717) is 0 Å². The molecule has 4 aromatic rings. The Bertz CT molecular complexity index is 1300. The zero-order chi connectivity index (χ0) is 28.5. The third-order valence-electron chi connectivity index (χ3n) is 6.62. The van der Waals surface area contributed by atoms with Crippen molar-refractivity contribution in [3.63, 3.8) is 0 Å². The summed E-state index contributed by atoms with van der Waals surface area (Å²) in [6, 6.07) is 28.2. The third-order valence-corrected chi connectivity index (χ3v) is 6.62. The number of phenols is 2. The number of nitrogens with one attached hydrogen (secondary N) is 2. The van der Waals surface area contributed by atoms with E-state index in [1.807, 2.05) is 60.7 Å². The molecule has 8 heteroatoms. The van der Waals surface area contributed by atoms with E-state index in [-0.39, 0.29) is 35.5 Å². The van der Waals surface area contributed by atoms with Gasteiger partial charge in [-0.05, 0) is 60.4 Å². The normalized spacial score (nSPS) is 13.9. The van der Waals surface area contributed by atoms with E-state index in [1.165, 1.54) is 48.5 Å². The highest BCUT2D eigenvalue weighted by atomic mass is 16.3. The minimum absolute atomic E-state index is 0.0783. The molecule has 0 saturated carbocycles. The molecule has 0 saturated heterocycles. The van der Waals surface area contributed by atoms with E-state index in [0.717, 1.165) is 11.1 Å². The molecule has 0 aliphatic rings. The second kappa shape index (κ2) is 13.4. The van der Waals surface area contributed by atoms with Crippen LogP contribution in [0.5, 0.6) is 11.5 Å². The number of amides is 2. The fourth-order valence-corrected chi connectivity index (χ4v) is 4.52. The van der Waals surface area contributed by atoms with Crippen LogP contribution in [0, 0.1) is 0 Å². The zero-order valence-corrected chi connectivity index (χ0v) is 21.7. The molecule has 0 aromatic heterocycles. The molecule has 2 amide bonds. The summed E-state index contributed by atoms with van der Waals surface area (Å²) >= 11 is 0. The molecular weight excluding hydrogens is 508 g/mol. The number of hydrogen-bond donors (Lipinski definition) is 6. The van der Waals surface area contributed by atoms with Gasteiger partial charge in [-0.3, -0.25) is 9.59 Å².